The summed E-state index contributed by atoms with van der Waals surface area (Å²) in [5.41, 5.74) is 5.10. The molecule has 0 spiro atoms. The molecule has 1 aromatic heterocycles. The molecule has 90 valence electrons. The van der Waals surface area contributed by atoms with Crippen LogP contribution >= 0.6 is 15.9 Å². The molecule has 0 amide bonds. The number of anilines is 1. The molecule has 2 aromatic rings. The zero-order chi connectivity index (χ0) is 12.6. The Morgan fingerprint density at radius 3 is 2.53 bits per heavy atom. The van der Waals surface area contributed by atoms with Crippen LogP contribution in [0, 0.1) is 0 Å². The van der Waals surface area contributed by atoms with Crippen molar-refractivity contribution < 1.29 is 13.2 Å². The number of imidazole rings is 1. The largest absolute Gasteiger partial charge is 0.417 e. The van der Waals surface area contributed by atoms with Gasteiger partial charge in [0.05, 0.1) is 5.56 Å². The van der Waals surface area contributed by atoms with Gasteiger partial charge in [-0.15, -0.1) is 0 Å². The number of halogens is 4. The summed E-state index contributed by atoms with van der Waals surface area (Å²) in [6.07, 6.45) is -1.49. The van der Waals surface area contributed by atoms with Gasteiger partial charge in [0, 0.05) is 22.6 Å². The number of rotatable bonds is 1. The molecule has 0 aliphatic heterocycles. The summed E-state index contributed by atoms with van der Waals surface area (Å²) in [6.45, 7) is 0. The van der Waals surface area contributed by atoms with Gasteiger partial charge < -0.3 is 5.73 Å². The van der Waals surface area contributed by atoms with Gasteiger partial charge in [0.25, 0.3) is 0 Å². The highest BCUT2D eigenvalue weighted by molar-refractivity contribution is 9.10. The van der Waals surface area contributed by atoms with Crippen molar-refractivity contribution in [2.45, 2.75) is 6.18 Å². The second-order valence-corrected chi connectivity index (χ2v) is 4.17. The van der Waals surface area contributed by atoms with E-state index in [9.17, 15) is 13.2 Å². The number of nitrogens with zero attached hydrogens (tertiary/aromatic N) is 2. The number of nitrogens with two attached hydrogens (primary N) is 1. The van der Waals surface area contributed by atoms with Gasteiger partial charge >= 0.3 is 6.18 Å². The Hall–Kier alpha value is -1.50. The molecule has 3 nitrogen and oxygen atoms in total. The van der Waals surface area contributed by atoms with E-state index in [1.807, 2.05) is 0 Å². The SMILES string of the molecule is Nc1nccn1-c1ccc(Br)c(C(F)(F)F)c1. The third-order valence-corrected chi connectivity index (χ3v) is 2.89. The molecular formula is C10H7BrF3N3. The first kappa shape index (κ1) is 12.0. The third-order valence-electron chi connectivity index (χ3n) is 2.20. The second-order valence-electron chi connectivity index (χ2n) is 3.32. The minimum Gasteiger partial charge on any atom is -0.369 e. The van der Waals surface area contributed by atoms with Gasteiger partial charge in [0.2, 0.25) is 5.95 Å². The Bertz CT molecular complexity index is 548. The number of benzene rings is 1. The maximum absolute atomic E-state index is 12.7. The molecule has 0 saturated carbocycles. The fraction of sp³-hybridized carbons (Fsp3) is 0.100. The van der Waals surface area contributed by atoms with Crippen molar-refractivity contribution >= 4 is 21.9 Å². The molecule has 1 aromatic carbocycles. The molecule has 2 N–H and O–H groups in total. The first-order valence-corrected chi connectivity index (χ1v) is 5.35. The van der Waals surface area contributed by atoms with Crippen molar-refractivity contribution in [2.24, 2.45) is 0 Å². The van der Waals surface area contributed by atoms with E-state index in [4.69, 9.17) is 5.73 Å². The summed E-state index contributed by atoms with van der Waals surface area (Å²) in [5.74, 6) is 0.139. The Morgan fingerprint density at radius 1 is 1.29 bits per heavy atom. The minimum absolute atomic E-state index is 0.00700. The highest BCUT2D eigenvalue weighted by Gasteiger charge is 2.33. The molecule has 0 aliphatic rings. The highest BCUT2D eigenvalue weighted by Crippen LogP contribution is 2.36. The lowest BCUT2D eigenvalue weighted by Crippen LogP contribution is -2.08. The van der Waals surface area contributed by atoms with E-state index in [1.54, 1.807) is 0 Å². The quantitative estimate of drug-likeness (QED) is 0.879. The smallest absolute Gasteiger partial charge is 0.369 e. The monoisotopic (exact) mass is 305 g/mol. The molecule has 0 aliphatic carbocycles. The standard InChI is InChI=1S/C10H7BrF3N3/c11-8-2-1-6(5-7(8)10(12,13)14)17-4-3-16-9(17)15/h1-5H,(H2,15,16). The lowest BCUT2D eigenvalue weighted by molar-refractivity contribution is -0.138. The summed E-state index contributed by atoms with van der Waals surface area (Å²) in [7, 11) is 0. The van der Waals surface area contributed by atoms with Crippen molar-refractivity contribution in [2.75, 3.05) is 5.73 Å². The van der Waals surface area contributed by atoms with E-state index in [2.05, 4.69) is 20.9 Å². The number of hydrogen-bond donors (Lipinski definition) is 1. The van der Waals surface area contributed by atoms with E-state index in [1.165, 1.54) is 29.1 Å². The van der Waals surface area contributed by atoms with Crippen LogP contribution in [0.5, 0.6) is 0 Å². The number of nitrogen functional groups attached to an aromatic ring is 1. The lowest BCUT2D eigenvalue weighted by atomic mass is 10.2. The molecular weight excluding hydrogens is 299 g/mol. The van der Waals surface area contributed by atoms with Gasteiger partial charge in [-0.2, -0.15) is 13.2 Å². The van der Waals surface area contributed by atoms with E-state index in [0.29, 0.717) is 5.69 Å². The van der Waals surface area contributed by atoms with E-state index in [0.717, 1.165) is 6.07 Å². The molecule has 1 heterocycles. The molecule has 2 rings (SSSR count). The lowest BCUT2D eigenvalue weighted by Gasteiger charge is -2.12. The van der Waals surface area contributed by atoms with Gasteiger partial charge in [-0.3, -0.25) is 4.57 Å². The average molecular weight is 306 g/mol. The molecule has 0 radical (unpaired) electrons. The van der Waals surface area contributed by atoms with Gasteiger partial charge in [-0.05, 0) is 18.2 Å². The predicted molar refractivity (Wildman–Crippen MR) is 60.7 cm³/mol. The topological polar surface area (TPSA) is 43.8 Å². The molecule has 17 heavy (non-hydrogen) atoms. The average Bonchev–Trinajstić information content (AvgIpc) is 2.63. The molecule has 0 saturated heterocycles. The Balaban J connectivity index is 2.56. The fourth-order valence-electron chi connectivity index (χ4n) is 1.41. The summed E-state index contributed by atoms with van der Waals surface area (Å²) in [6, 6.07) is 3.87. The maximum Gasteiger partial charge on any atom is 0.417 e. The Kier molecular flexibility index (Phi) is 2.86. The van der Waals surface area contributed by atoms with E-state index < -0.39 is 11.7 Å². The van der Waals surface area contributed by atoms with Gasteiger partial charge in [-0.1, -0.05) is 15.9 Å². The fourth-order valence-corrected chi connectivity index (χ4v) is 1.89. The van der Waals surface area contributed by atoms with Gasteiger partial charge in [0.1, 0.15) is 0 Å². The van der Waals surface area contributed by atoms with Gasteiger partial charge in [0.15, 0.2) is 0 Å². The van der Waals surface area contributed by atoms with Crippen LogP contribution in [0.4, 0.5) is 19.1 Å². The highest BCUT2D eigenvalue weighted by atomic mass is 79.9. The molecule has 0 unspecified atom stereocenters. The first-order chi connectivity index (χ1) is 7.89. The first-order valence-electron chi connectivity index (χ1n) is 4.55. The van der Waals surface area contributed by atoms with Crippen molar-refractivity contribution in [1.29, 1.82) is 0 Å². The van der Waals surface area contributed by atoms with Crippen LogP contribution in [0.1, 0.15) is 5.56 Å². The zero-order valence-corrected chi connectivity index (χ0v) is 9.96. The summed E-state index contributed by atoms with van der Waals surface area (Å²) in [5, 5.41) is 0. The summed E-state index contributed by atoms with van der Waals surface area (Å²) in [4.78, 5) is 3.76. The van der Waals surface area contributed by atoms with Crippen LogP contribution in [0.25, 0.3) is 5.69 Å². The molecule has 0 atom stereocenters. The van der Waals surface area contributed by atoms with Crippen molar-refractivity contribution in [3.63, 3.8) is 0 Å². The van der Waals surface area contributed by atoms with Gasteiger partial charge in [-0.25, -0.2) is 4.98 Å². The van der Waals surface area contributed by atoms with Crippen LogP contribution < -0.4 is 5.73 Å². The molecule has 7 heteroatoms. The van der Waals surface area contributed by atoms with Crippen LogP contribution in [0.2, 0.25) is 0 Å². The molecule has 0 fully saturated rings. The molecule has 0 bridgehead atoms. The number of alkyl halides is 3. The van der Waals surface area contributed by atoms with Crippen LogP contribution in [-0.2, 0) is 6.18 Å². The third kappa shape index (κ3) is 2.28. The zero-order valence-electron chi connectivity index (χ0n) is 8.37. The summed E-state index contributed by atoms with van der Waals surface area (Å²) >= 11 is 2.87. The Morgan fingerprint density at radius 2 is 2.00 bits per heavy atom. The maximum atomic E-state index is 12.7. The van der Waals surface area contributed by atoms with Crippen LogP contribution in [0.3, 0.4) is 0 Å². The van der Waals surface area contributed by atoms with E-state index >= 15 is 0 Å². The van der Waals surface area contributed by atoms with Crippen molar-refractivity contribution in [1.82, 2.24) is 9.55 Å². The van der Waals surface area contributed by atoms with E-state index in [-0.39, 0.29) is 10.4 Å². The second kappa shape index (κ2) is 4.06. The minimum atomic E-state index is -4.41. The van der Waals surface area contributed by atoms with Crippen molar-refractivity contribution in [3.05, 3.63) is 40.6 Å². The van der Waals surface area contributed by atoms with Crippen molar-refractivity contribution in [3.8, 4) is 5.69 Å². The number of hydrogen-bond acceptors (Lipinski definition) is 2. The van der Waals surface area contributed by atoms with Crippen LogP contribution in [-0.4, -0.2) is 9.55 Å². The Labute approximate surface area is 103 Å². The summed E-state index contributed by atoms with van der Waals surface area (Å²) < 4.78 is 39.4. The normalized spacial score (nSPS) is 11.8. The number of aromatic nitrogens is 2. The predicted octanol–water partition coefficient (Wildman–Crippen LogP) is 3.24. The van der Waals surface area contributed by atoms with Crippen LogP contribution in [0.15, 0.2) is 35.1 Å².